The van der Waals surface area contributed by atoms with E-state index in [0.29, 0.717) is 5.92 Å². The first-order valence-electron chi connectivity index (χ1n) is 8.12. The molecule has 1 aromatic rings. The zero-order chi connectivity index (χ0) is 14.7. The van der Waals surface area contributed by atoms with E-state index in [1.54, 1.807) is 7.11 Å². The van der Waals surface area contributed by atoms with Crippen LogP contribution in [0.3, 0.4) is 0 Å². The largest absolute Gasteiger partial charge is 0.465 e. The van der Waals surface area contributed by atoms with Gasteiger partial charge in [0.15, 0.2) is 0 Å². The summed E-state index contributed by atoms with van der Waals surface area (Å²) in [5, 5.41) is 0. The molecule has 118 valence electrons. The van der Waals surface area contributed by atoms with Crippen LogP contribution in [-0.4, -0.2) is 43.9 Å². The second kappa shape index (κ2) is 6.51. The molecule has 1 aromatic heterocycles. The summed E-state index contributed by atoms with van der Waals surface area (Å²) >= 11 is 0. The quantitative estimate of drug-likeness (QED) is 0.836. The first kappa shape index (κ1) is 15.1. The minimum Gasteiger partial charge on any atom is -0.465 e. The molecule has 0 aromatic carbocycles. The molecule has 21 heavy (non-hydrogen) atoms. The van der Waals surface area contributed by atoms with Crippen LogP contribution >= 0.6 is 0 Å². The van der Waals surface area contributed by atoms with Crippen LogP contribution in [0.2, 0.25) is 0 Å². The van der Waals surface area contributed by atoms with E-state index in [-0.39, 0.29) is 5.60 Å². The van der Waals surface area contributed by atoms with Gasteiger partial charge in [-0.1, -0.05) is 0 Å². The van der Waals surface area contributed by atoms with E-state index in [1.807, 2.05) is 13.0 Å². The van der Waals surface area contributed by atoms with Crippen LogP contribution in [-0.2, 0) is 16.0 Å². The highest BCUT2D eigenvalue weighted by Gasteiger charge is 2.45. The zero-order valence-corrected chi connectivity index (χ0v) is 13.3. The summed E-state index contributed by atoms with van der Waals surface area (Å²) in [6.45, 7) is 6.90. The highest BCUT2D eigenvalue weighted by molar-refractivity contribution is 5.06. The van der Waals surface area contributed by atoms with Crippen molar-refractivity contribution in [2.75, 3.05) is 33.4 Å². The number of methoxy groups -OCH3 is 1. The fourth-order valence-electron chi connectivity index (χ4n) is 3.89. The molecule has 0 N–H and O–H groups in total. The molecule has 3 rings (SSSR count). The molecule has 0 bridgehead atoms. The van der Waals surface area contributed by atoms with Gasteiger partial charge in [0.1, 0.15) is 11.5 Å². The molecule has 2 fully saturated rings. The second-order valence-electron chi connectivity index (χ2n) is 6.47. The number of hydrogen-bond donors (Lipinski definition) is 0. The predicted octanol–water partition coefficient (Wildman–Crippen LogP) is 3.00. The Morgan fingerprint density at radius 3 is 2.81 bits per heavy atom. The van der Waals surface area contributed by atoms with Gasteiger partial charge in [-0.05, 0) is 50.7 Å². The lowest BCUT2D eigenvalue weighted by atomic mass is 9.78. The Morgan fingerprint density at radius 2 is 2.14 bits per heavy atom. The molecule has 2 saturated heterocycles. The summed E-state index contributed by atoms with van der Waals surface area (Å²) in [5.41, 5.74) is 0.119. The summed E-state index contributed by atoms with van der Waals surface area (Å²) in [6.07, 6.45) is 4.61. The highest BCUT2D eigenvalue weighted by Crippen LogP contribution is 2.42. The van der Waals surface area contributed by atoms with Gasteiger partial charge in [-0.3, -0.25) is 4.90 Å². The van der Waals surface area contributed by atoms with Crippen LogP contribution in [0.15, 0.2) is 16.5 Å². The molecule has 0 radical (unpaired) electrons. The van der Waals surface area contributed by atoms with Gasteiger partial charge in [-0.25, -0.2) is 0 Å². The molecule has 2 aliphatic heterocycles. The summed E-state index contributed by atoms with van der Waals surface area (Å²) in [6, 6.07) is 4.13. The Hall–Kier alpha value is -0.840. The van der Waals surface area contributed by atoms with Crippen molar-refractivity contribution in [3.8, 4) is 0 Å². The van der Waals surface area contributed by atoms with E-state index in [9.17, 15) is 0 Å². The number of nitrogens with zero attached hydrogens (tertiary/aromatic N) is 1. The van der Waals surface area contributed by atoms with Gasteiger partial charge in [0.05, 0.1) is 12.1 Å². The molecule has 1 spiro atoms. The van der Waals surface area contributed by atoms with Crippen molar-refractivity contribution in [3.63, 3.8) is 0 Å². The third-order valence-corrected chi connectivity index (χ3v) is 5.15. The SMILES string of the molecule is COCC[C@H]1CCOC12CCN(Cc1ccc(C)o1)CC2. The van der Waals surface area contributed by atoms with Gasteiger partial charge in [0, 0.05) is 33.4 Å². The normalized spacial score (nSPS) is 25.7. The molecular weight excluding hydrogens is 266 g/mol. The Balaban J connectivity index is 1.54. The maximum absolute atomic E-state index is 6.19. The summed E-state index contributed by atoms with van der Waals surface area (Å²) in [4.78, 5) is 2.48. The van der Waals surface area contributed by atoms with E-state index < -0.39 is 0 Å². The zero-order valence-electron chi connectivity index (χ0n) is 13.3. The molecule has 2 aliphatic rings. The van der Waals surface area contributed by atoms with Gasteiger partial charge in [-0.2, -0.15) is 0 Å². The topological polar surface area (TPSA) is 34.8 Å². The van der Waals surface area contributed by atoms with Crippen molar-refractivity contribution in [2.24, 2.45) is 5.92 Å². The second-order valence-corrected chi connectivity index (χ2v) is 6.47. The lowest BCUT2D eigenvalue weighted by Crippen LogP contribution is -2.47. The number of rotatable bonds is 5. The van der Waals surface area contributed by atoms with Crippen molar-refractivity contribution in [1.29, 1.82) is 0 Å². The first-order valence-corrected chi connectivity index (χ1v) is 8.12. The minimum absolute atomic E-state index is 0.119. The summed E-state index contributed by atoms with van der Waals surface area (Å²) in [7, 11) is 1.79. The standard InChI is InChI=1S/C17H27NO3/c1-14-3-4-16(21-14)13-18-9-7-17(8-10-18)15(5-11-19-2)6-12-20-17/h3-4,15H,5-13H2,1-2H3/t15-/m0/s1. The summed E-state index contributed by atoms with van der Waals surface area (Å²) < 4.78 is 17.1. The van der Waals surface area contributed by atoms with Crippen molar-refractivity contribution in [2.45, 2.75) is 44.8 Å². The van der Waals surface area contributed by atoms with E-state index in [4.69, 9.17) is 13.9 Å². The average Bonchev–Trinajstić information content (AvgIpc) is 3.06. The van der Waals surface area contributed by atoms with Crippen LogP contribution in [0.1, 0.15) is 37.2 Å². The maximum atomic E-state index is 6.19. The first-order chi connectivity index (χ1) is 10.2. The monoisotopic (exact) mass is 293 g/mol. The maximum Gasteiger partial charge on any atom is 0.118 e. The molecule has 4 heteroatoms. The molecule has 0 unspecified atom stereocenters. The Kier molecular flexibility index (Phi) is 4.67. The van der Waals surface area contributed by atoms with Gasteiger partial charge in [0.2, 0.25) is 0 Å². The van der Waals surface area contributed by atoms with Crippen LogP contribution in [0.25, 0.3) is 0 Å². The lowest BCUT2D eigenvalue weighted by molar-refractivity contribution is -0.0727. The smallest absolute Gasteiger partial charge is 0.118 e. The molecule has 1 atom stereocenters. The minimum atomic E-state index is 0.119. The van der Waals surface area contributed by atoms with Gasteiger partial charge in [0.25, 0.3) is 0 Å². The molecule has 0 saturated carbocycles. The summed E-state index contributed by atoms with van der Waals surface area (Å²) in [5.74, 6) is 2.74. The number of aryl methyl sites for hydroxylation is 1. The Labute approximate surface area is 127 Å². The van der Waals surface area contributed by atoms with Crippen molar-refractivity contribution in [1.82, 2.24) is 4.90 Å². The number of ether oxygens (including phenoxy) is 2. The third-order valence-electron chi connectivity index (χ3n) is 5.15. The molecule has 0 amide bonds. The molecular formula is C17H27NO3. The van der Waals surface area contributed by atoms with Crippen molar-refractivity contribution < 1.29 is 13.9 Å². The fourth-order valence-corrected chi connectivity index (χ4v) is 3.89. The number of piperidine rings is 1. The van der Waals surface area contributed by atoms with Crippen LogP contribution in [0.4, 0.5) is 0 Å². The van der Waals surface area contributed by atoms with E-state index in [2.05, 4.69) is 11.0 Å². The lowest BCUT2D eigenvalue weighted by Gasteiger charge is -2.42. The van der Waals surface area contributed by atoms with Crippen LogP contribution in [0.5, 0.6) is 0 Å². The highest BCUT2D eigenvalue weighted by atomic mass is 16.5. The van der Waals surface area contributed by atoms with E-state index in [1.165, 1.54) is 6.42 Å². The average molecular weight is 293 g/mol. The molecule has 3 heterocycles. The van der Waals surface area contributed by atoms with Crippen molar-refractivity contribution in [3.05, 3.63) is 23.7 Å². The number of likely N-dealkylation sites (tertiary alicyclic amines) is 1. The van der Waals surface area contributed by atoms with E-state index >= 15 is 0 Å². The van der Waals surface area contributed by atoms with E-state index in [0.717, 1.165) is 63.6 Å². The van der Waals surface area contributed by atoms with Crippen molar-refractivity contribution >= 4 is 0 Å². The molecule has 4 nitrogen and oxygen atoms in total. The fraction of sp³-hybridized carbons (Fsp3) is 0.765. The predicted molar refractivity (Wildman–Crippen MR) is 81.2 cm³/mol. The van der Waals surface area contributed by atoms with Gasteiger partial charge < -0.3 is 13.9 Å². The number of furan rings is 1. The number of hydrogen-bond acceptors (Lipinski definition) is 4. The van der Waals surface area contributed by atoms with Crippen LogP contribution in [0, 0.1) is 12.8 Å². The Bertz CT molecular complexity index is 449. The van der Waals surface area contributed by atoms with Gasteiger partial charge in [-0.15, -0.1) is 0 Å². The van der Waals surface area contributed by atoms with Crippen LogP contribution < -0.4 is 0 Å². The van der Waals surface area contributed by atoms with Gasteiger partial charge >= 0.3 is 0 Å². The third kappa shape index (κ3) is 3.33. The Morgan fingerprint density at radius 1 is 1.33 bits per heavy atom. The molecule has 0 aliphatic carbocycles.